The van der Waals surface area contributed by atoms with Crippen LogP contribution in [0, 0.1) is 0 Å². The normalized spacial score (nSPS) is 14.5. The van der Waals surface area contributed by atoms with Crippen LogP contribution in [0.5, 0.6) is 0 Å². The molecule has 0 aliphatic rings. The molecule has 0 aromatic heterocycles. The summed E-state index contributed by atoms with van der Waals surface area (Å²) < 4.78 is 33.2. The van der Waals surface area contributed by atoms with Gasteiger partial charge >= 0.3 is 13.8 Å². The first-order valence-corrected chi connectivity index (χ1v) is 21.3. The molecule has 0 aliphatic carbocycles. The Morgan fingerprint density at radius 1 is 0.612 bits per heavy atom. The van der Waals surface area contributed by atoms with Crippen molar-refractivity contribution >= 4 is 13.8 Å². The van der Waals surface area contributed by atoms with Gasteiger partial charge in [-0.2, -0.15) is 0 Å². The molecule has 3 atom stereocenters. The number of rotatable bonds is 38. The van der Waals surface area contributed by atoms with Crippen molar-refractivity contribution in [3.05, 3.63) is 24.3 Å². The average Bonchev–Trinajstić information content (AvgIpc) is 3.09. The minimum absolute atomic E-state index is 0.0450. The van der Waals surface area contributed by atoms with Crippen LogP contribution in [0.4, 0.5) is 0 Å². The van der Waals surface area contributed by atoms with E-state index in [1.807, 2.05) is 0 Å². The molecule has 0 amide bonds. The molecule has 0 aromatic carbocycles. The zero-order chi connectivity index (χ0) is 36.1. The van der Waals surface area contributed by atoms with Gasteiger partial charge < -0.3 is 24.6 Å². The maximum Gasteiger partial charge on any atom is 0.472 e. The van der Waals surface area contributed by atoms with E-state index in [1.54, 1.807) is 0 Å². The summed E-state index contributed by atoms with van der Waals surface area (Å²) in [5.41, 5.74) is 0. The molecular weight excluding hydrogens is 643 g/mol. The third-order valence-corrected chi connectivity index (χ3v) is 9.29. The quantitative estimate of drug-likeness (QED) is 0.0247. The van der Waals surface area contributed by atoms with Crippen molar-refractivity contribution in [1.29, 1.82) is 0 Å². The molecule has 0 heterocycles. The minimum Gasteiger partial charge on any atom is -0.457 e. The standard InChI is InChI=1S/C39H75O9P/c1-3-5-7-9-11-13-15-16-17-18-19-20-21-23-25-27-29-31-39(42)48-38(36-47-49(43,44)46-34-37(41)33-40)35-45-32-30-28-26-24-22-14-12-10-8-6-4-2/h8,10,16-17,37-38,40-41H,3-7,9,11-15,18-36H2,1-2H3,(H,43,44)/b10-8-,17-16-. The summed E-state index contributed by atoms with van der Waals surface area (Å²) in [4.78, 5) is 22.5. The topological polar surface area (TPSA) is 132 Å². The molecule has 0 aromatic rings. The molecule has 3 unspecified atom stereocenters. The van der Waals surface area contributed by atoms with Crippen LogP contribution in [0.15, 0.2) is 24.3 Å². The Morgan fingerprint density at radius 2 is 1.08 bits per heavy atom. The number of phosphoric ester groups is 1. The molecule has 0 bridgehead atoms. The third kappa shape index (κ3) is 36.5. The average molecular weight is 719 g/mol. The van der Waals surface area contributed by atoms with Gasteiger partial charge in [-0.05, 0) is 57.8 Å². The van der Waals surface area contributed by atoms with Gasteiger partial charge in [0.05, 0.1) is 26.4 Å². The van der Waals surface area contributed by atoms with E-state index >= 15 is 0 Å². The number of ether oxygens (including phenoxy) is 2. The number of hydrogen-bond donors (Lipinski definition) is 3. The number of aliphatic hydroxyl groups excluding tert-OH is 2. The summed E-state index contributed by atoms with van der Waals surface area (Å²) in [6.07, 6.45) is 35.6. The summed E-state index contributed by atoms with van der Waals surface area (Å²) >= 11 is 0. The lowest BCUT2D eigenvalue weighted by Crippen LogP contribution is -2.29. The van der Waals surface area contributed by atoms with Gasteiger partial charge in [0.1, 0.15) is 12.2 Å². The fourth-order valence-corrected chi connectivity index (χ4v) is 6.08. The number of carbonyl (C=O) groups is 1. The number of aliphatic hydroxyl groups is 2. The molecule has 290 valence electrons. The van der Waals surface area contributed by atoms with E-state index in [-0.39, 0.29) is 25.6 Å². The predicted octanol–water partition coefficient (Wildman–Crippen LogP) is 10.3. The predicted molar refractivity (Wildman–Crippen MR) is 201 cm³/mol. The number of allylic oxidation sites excluding steroid dienone is 4. The molecule has 0 saturated carbocycles. The molecule has 0 fully saturated rings. The summed E-state index contributed by atoms with van der Waals surface area (Å²) in [6, 6.07) is 0. The summed E-state index contributed by atoms with van der Waals surface area (Å²) in [5, 5.41) is 18.3. The maximum atomic E-state index is 12.6. The maximum absolute atomic E-state index is 12.6. The first-order valence-electron chi connectivity index (χ1n) is 19.8. The molecule has 0 aliphatic heterocycles. The highest BCUT2D eigenvalue weighted by molar-refractivity contribution is 7.47. The van der Waals surface area contributed by atoms with Crippen LogP contribution in [0.2, 0.25) is 0 Å². The van der Waals surface area contributed by atoms with Gasteiger partial charge in [0, 0.05) is 13.0 Å². The van der Waals surface area contributed by atoms with E-state index in [9.17, 15) is 19.4 Å². The fraction of sp³-hybridized carbons (Fsp3) is 0.872. The molecule has 0 spiro atoms. The second-order valence-corrected chi connectivity index (χ2v) is 14.7. The highest BCUT2D eigenvalue weighted by atomic mass is 31.2. The number of unbranched alkanes of at least 4 members (excludes halogenated alkanes) is 20. The summed E-state index contributed by atoms with van der Waals surface area (Å²) in [7, 11) is -4.51. The van der Waals surface area contributed by atoms with E-state index in [0.717, 1.165) is 64.2 Å². The van der Waals surface area contributed by atoms with Crippen molar-refractivity contribution in [2.45, 2.75) is 187 Å². The zero-order valence-electron chi connectivity index (χ0n) is 31.4. The van der Waals surface area contributed by atoms with Crippen molar-refractivity contribution in [2.75, 3.05) is 33.0 Å². The van der Waals surface area contributed by atoms with Crippen LogP contribution < -0.4 is 0 Å². The van der Waals surface area contributed by atoms with E-state index in [0.29, 0.717) is 6.61 Å². The molecular formula is C39H75O9P. The molecule has 10 heteroatoms. The van der Waals surface area contributed by atoms with Gasteiger partial charge in [-0.3, -0.25) is 13.8 Å². The SMILES string of the molecule is CCC/C=C\CCCCCCCCOCC(COP(=O)(O)OCC(O)CO)OC(=O)CCCCCCCCC/C=C\CCCCCCCC. The molecule has 49 heavy (non-hydrogen) atoms. The molecule has 0 rings (SSSR count). The van der Waals surface area contributed by atoms with Crippen molar-refractivity contribution in [2.24, 2.45) is 0 Å². The van der Waals surface area contributed by atoms with Crippen molar-refractivity contribution in [3.63, 3.8) is 0 Å². The second-order valence-electron chi connectivity index (χ2n) is 13.3. The molecule has 0 saturated heterocycles. The van der Waals surface area contributed by atoms with Gasteiger partial charge in [-0.25, -0.2) is 4.57 Å². The van der Waals surface area contributed by atoms with Gasteiger partial charge in [0.25, 0.3) is 0 Å². The van der Waals surface area contributed by atoms with Crippen LogP contribution in [0.25, 0.3) is 0 Å². The van der Waals surface area contributed by atoms with Crippen molar-refractivity contribution < 1.29 is 43.0 Å². The van der Waals surface area contributed by atoms with Crippen LogP contribution in [0.3, 0.4) is 0 Å². The van der Waals surface area contributed by atoms with Crippen LogP contribution in [-0.2, 0) is 27.9 Å². The molecule has 0 radical (unpaired) electrons. The number of carbonyl (C=O) groups excluding carboxylic acids is 1. The van der Waals surface area contributed by atoms with Gasteiger partial charge in [-0.15, -0.1) is 0 Å². The zero-order valence-corrected chi connectivity index (χ0v) is 32.3. The second kappa shape index (κ2) is 36.7. The Labute approximate surface area is 300 Å². The minimum atomic E-state index is -4.51. The Morgan fingerprint density at radius 3 is 1.61 bits per heavy atom. The van der Waals surface area contributed by atoms with E-state index in [1.165, 1.54) is 89.9 Å². The van der Waals surface area contributed by atoms with Crippen LogP contribution in [-0.4, -0.2) is 66.3 Å². The Kier molecular flexibility index (Phi) is 35.9. The largest absolute Gasteiger partial charge is 0.472 e. The van der Waals surface area contributed by atoms with Gasteiger partial charge in [0.2, 0.25) is 0 Å². The van der Waals surface area contributed by atoms with Gasteiger partial charge in [0.15, 0.2) is 0 Å². The van der Waals surface area contributed by atoms with Crippen LogP contribution in [0.1, 0.15) is 174 Å². The van der Waals surface area contributed by atoms with Gasteiger partial charge in [-0.1, -0.05) is 134 Å². The molecule has 3 N–H and O–H groups in total. The summed E-state index contributed by atoms with van der Waals surface area (Å²) in [6.45, 7) is 3.44. The Balaban J connectivity index is 4.19. The first kappa shape index (κ1) is 47.9. The lowest BCUT2D eigenvalue weighted by Gasteiger charge is -2.20. The fourth-order valence-electron chi connectivity index (χ4n) is 5.29. The number of esters is 1. The van der Waals surface area contributed by atoms with Crippen molar-refractivity contribution in [1.82, 2.24) is 0 Å². The smallest absolute Gasteiger partial charge is 0.457 e. The highest BCUT2D eigenvalue weighted by Crippen LogP contribution is 2.43. The number of hydrogen-bond acceptors (Lipinski definition) is 8. The lowest BCUT2D eigenvalue weighted by atomic mass is 10.1. The number of phosphoric acid groups is 1. The monoisotopic (exact) mass is 719 g/mol. The summed E-state index contributed by atoms with van der Waals surface area (Å²) in [5.74, 6) is -0.390. The highest BCUT2D eigenvalue weighted by Gasteiger charge is 2.26. The Hall–Kier alpha value is -1.06. The van der Waals surface area contributed by atoms with Crippen LogP contribution >= 0.6 is 7.82 Å². The lowest BCUT2D eigenvalue weighted by molar-refractivity contribution is -0.154. The van der Waals surface area contributed by atoms with E-state index in [4.69, 9.17) is 23.6 Å². The first-order chi connectivity index (χ1) is 23.8. The van der Waals surface area contributed by atoms with E-state index < -0.39 is 33.2 Å². The third-order valence-electron chi connectivity index (χ3n) is 8.34. The van der Waals surface area contributed by atoms with E-state index in [2.05, 4.69) is 38.2 Å². The Bertz CT molecular complexity index is 820. The molecule has 9 nitrogen and oxygen atoms in total. The van der Waals surface area contributed by atoms with Crippen molar-refractivity contribution in [3.8, 4) is 0 Å².